The summed E-state index contributed by atoms with van der Waals surface area (Å²) in [6, 6.07) is 2.59. The van der Waals surface area contributed by atoms with Crippen molar-refractivity contribution < 1.29 is 13.2 Å². The number of aryl methyl sites for hydroxylation is 2. The first-order valence-corrected chi connectivity index (χ1v) is 6.62. The van der Waals surface area contributed by atoms with Crippen molar-refractivity contribution in [1.82, 2.24) is 4.98 Å². The summed E-state index contributed by atoms with van der Waals surface area (Å²) in [6.45, 7) is 3.88. The van der Waals surface area contributed by atoms with E-state index < -0.39 is 11.6 Å². The molecule has 0 bridgehead atoms. The highest BCUT2D eigenvalue weighted by atomic mass is 32.2. The Labute approximate surface area is 114 Å². The Morgan fingerprint density at radius 3 is 2.37 bits per heavy atom. The van der Waals surface area contributed by atoms with Gasteiger partial charge in [0.15, 0.2) is 0 Å². The summed E-state index contributed by atoms with van der Waals surface area (Å²) in [4.78, 5) is 3.98. The van der Waals surface area contributed by atoms with Crippen molar-refractivity contribution in [3.8, 4) is 0 Å². The monoisotopic (exact) mass is 284 g/mol. The van der Waals surface area contributed by atoms with Gasteiger partial charge in [-0.05, 0) is 56.3 Å². The molecule has 0 aliphatic rings. The molecule has 0 saturated heterocycles. The number of nitrogens with two attached hydrogens (primary N) is 1. The second-order valence-electron chi connectivity index (χ2n) is 4.15. The highest BCUT2D eigenvalue weighted by Crippen LogP contribution is 2.33. The fourth-order valence-electron chi connectivity index (χ4n) is 1.60. The average Bonchev–Trinajstić information content (AvgIpc) is 2.64. The molecule has 0 aliphatic heterocycles. The Kier molecular flexibility index (Phi) is 4.21. The molecule has 1 heterocycles. The lowest BCUT2D eigenvalue weighted by Gasteiger charge is -2.05. The van der Waals surface area contributed by atoms with Crippen LogP contribution in [0.2, 0.25) is 0 Å². The van der Waals surface area contributed by atoms with Crippen LogP contribution < -0.4 is 5.73 Å². The molecular weight excluding hydrogens is 270 g/mol. The van der Waals surface area contributed by atoms with Gasteiger partial charge in [0.05, 0.1) is 10.6 Å². The predicted octanol–water partition coefficient (Wildman–Crippen LogP) is 3.22. The molecule has 3 nitrogen and oxygen atoms in total. The average molecular weight is 284 g/mol. The van der Waals surface area contributed by atoms with Crippen LogP contribution in [-0.4, -0.2) is 11.5 Å². The predicted molar refractivity (Wildman–Crippen MR) is 69.2 cm³/mol. The van der Waals surface area contributed by atoms with Crippen LogP contribution in [0.5, 0.6) is 0 Å². The first-order chi connectivity index (χ1) is 9.01. The summed E-state index contributed by atoms with van der Waals surface area (Å²) < 4.78 is 33.0. The van der Waals surface area contributed by atoms with Crippen molar-refractivity contribution in [3.05, 3.63) is 40.8 Å². The van der Waals surface area contributed by atoms with E-state index in [0.29, 0.717) is 30.0 Å². The SMILES string of the molecule is Cc1nc(Sc2c(F)cc(CCN)cc2F)oc1C. The van der Waals surface area contributed by atoms with Crippen LogP contribution in [0.4, 0.5) is 8.78 Å². The lowest BCUT2D eigenvalue weighted by molar-refractivity contribution is 0.429. The van der Waals surface area contributed by atoms with Crippen LogP contribution in [0.15, 0.2) is 26.7 Å². The zero-order valence-electron chi connectivity index (χ0n) is 10.7. The summed E-state index contributed by atoms with van der Waals surface area (Å²) in [5.41, 5.74) is 6.62. The van der Waals surface area contributed by atoms with Gasteiger partial charge in [-0.1, -0.05) is 0 Å². The van der Waals surface area contributed by atoms with Crippen LogP contribution in [-0.2, 0) is 6.42 Å². The summed E-state index contributed by atoms with van der Waals surface area (Å²) in [5.74, 6) is -0.605. The Balaban J connectivity index is 2.29. The van der Waals surface area contributed by atoms with Gasteiger partial charge in [0, 0.05) is 0 Å². The van der Waals surface area contributed by atoms with E-state index in [2.05, 4.69) is 4.98 Å². The number of benzene rings is 1. The summed E-state index contributed by atoms with van der Waals surface area (Å²) >= 11 is 0.844. The van der Waals surface area contributed by atoms with E-state index in [4.69, 9.17) is 10.2 Å². The fraction of sp³-hybridized carbons (Fsp3) is 0.308. The van der Waals surface area contributed by atoms with E-state index in [1.807, 2.05) is 0 Å². The lowest BCUT2D eigenvalue weighted by Crippen LogP contribution is -2.04. The molecule has 1 aromatic heterocycles. The smallest absolute Gasteiger partial charge is 0.261 e. The van der Waals surface area contributed by atoms with Gasteiger partial charge in [0.1, 0.15) is 17.4 Å². The molecule has 0 spiro atoms. The van der Waals surface area contributed by atoms with Crippen molar-refractivity contribution in [2.45, 2.75) is 30.4 Å². The molecule has 0 atom stereocenters. The Hall–Kier alpha value is -1.40. The zero-order chi connectivity index (χ0) is 14.0. The van der Waals surface area contributed by atoms with E-state index in [1.54, 1.807) is 13.8 Å². The van der Waals surface area contributed by atoms with Gasteiger partial charge in [-0.3, -0.25) is 0 Å². The minimum Gasteiger partial charge on any atom is -0.436 e. The second kappa shape index (κ2) is 5.71. The van der Waals surface area contributed by atoms with Gasteiger partial charge < -0.3 is 10.2 Å². The molecule has 0 amide bonds. The summed E-state index contributed by atoms with van der Waals surface area (Å²) in [7, 11) is 0. The minimum atomic E-state index is -0.623. The number of nitrogens with zero attached hydrogens (tertiary/aromatic N) is 1. The lowest BCUT2D eigenvalue weighted by atomic mass is 10.1. The summed E-state index contributed by atoms with van der Waals surface area (Å²) in [5, 5.41) is 0.236. The first-order valence-electron chi connectivity index (χ1n) is 5.81. The molecular formula is C13H14F2N2OS. The molecule has 2 aromatic rings. The number of halogens is 2. The number of rotatable bonds is 4. The molecule has 0 radical (unpaired) electrons. The topological polar surface area (TPSA) is 52.0 Å². The molecule has 0 saturated carbocycles. The molecule has 0 aliphatic carbocycles. The minimum absolute atomic E-state index is 0.109. The highest BCUT2D eigenvalue weighted by molar-refractivity contribution is 7.99. The van der Waals surface area contributed by atoms with Crippen molar-refractivity contribution in [2.75, 3.05) is 6.54 Å². The highest BCUT2D eigenvalue weighted by Gasteiger charge is 2.16. The maximum absolute atomic E-state index is 13.9. The van der Waals surface area contributed by atoms with E-state index >= 15 is 0 Å². The maximum Gasteiger partial charge on any atom is 0.261 e. The third kappa shape index (κ3) is 3.13. The van der Waals surface area contributed by atoms with E-state index in [-0.39, 0.29) is 10.1 Å². The van der Waals surface area contributed by atoms with Gasteiger partial charge in [-0.25, -0.2) is 13.8 Å². The van der Waals surface area contributed by atoms with Crippen LogP contribution in [0.1, 0.15) is 17.0 Å². The van der Waals surface area contributed by atoms with Gasteiger partial charge in [-0.2, -0.15) is 0 Å². The number of oxazole rings is 1. The second-order valence-corrected chi connectivity index (χ2v) is 5.11. The van der Waals surface area contributed by atoms with Gasteiger partial charge in [0.25, 0.3) is 5.22 Å². The Morgan fingerprint density at radius 2 is 1.89 bits per heavy atom. The fourth-order valence-corrected chi connectivity index (χ4v) is 2.43. The van der Waals surface area contributed by atoms with Crippen molar-refractivity contribution in [2.24, 2.45) is 5.73 Å². The Morgan fingerprint density at radius 1 is 1.26 bits per heavy atom. The maximum atomic E-state index is 13.9. The zero-order valence-corrected chi connectivity index (χ0v) is 11.5. The van der Waals surface area contributed by atoms with Crippen LogP contribution in [0.25, 0.3) is 0 Å². The van der Waals surface area contributed by atoms with Crippen molar-refractivity contribution in [3.63, 3.8) is 0 Å². The van der Waals surface area contributed by atoms with Crippen molar-refractivity contribution >= 4 is 11.8 Å². The molecule has 0 fully saturated rings. The molecule has 6 heteroatoms. The van der Waals surface area contributed by atoms with E-state index in [1.165, 1.54) is 12.1 Å². The van der Waals surface area contributed by atoms with Gasteiger partial charge >= 0.3 is 0 Å². The third-order valence-electron chi connectivity index (χ3n) is 2.69. The van der Waals surface area contributed by atoms with E-state index in [0.717, 1.165) is 11.8 Å². The quantitative estimate of drug-likeness (QED) is 0.936. The molecule has 2 N–H and O–H groups in total. The number of aromatic nitrogens is 1. The van der Waals surface area contributed by atoms with Crippen LogP contribution in [0, 0.1) is 25.5 Å². The van der Waals surface area contributed by atoms with Gasteiger partial charge in [0.2, 0.25) is 0 Å². The molecule has 1 aromatic carbocycles. The molecule has 2 rings (SSSR count). The first kappa shape index (κ1) is 14.0. The number of hydrogen-bond donors (Lipinski definition) is 1. The largest absolute Gasteiger partial charge is 0.436 e. The Bertz CT molecular complexity index is 556. The molecule has 19 heavy (non-hydrogen) atoms. The van der Waals surface area contributed by atoms with Crippen LogP contribution >= 0.6 is 11.8 Å². The standard InChI is InChI=1S/C13H14F2N2OS/c1-7-8(2)18-13(17-7)19-12-10(14)5-9(3-4-16)6-11(12)15/h5-6H,3-4,16H2,1-2H3. The third-order valence-corrected chi connectivity index (χ3v) is 3.63. The van der Waals surface area contributed by atoms with Gasteiger partial charge in [-0.15, -0.1) is 0 Å². The molecule has 0 unspecified atom stereocenters. The normalized spacial score (nSPS) is 11.0. The molecule has 102 valence electrons. The van der Waals surface area contributed by atoms with Crippen molar-refractivity contribution in [1.29, 1.82) is 0 Å². The summed E-state index contributed by atoms with van der Waals surface area (Å²) in [6.07, 6.45) is 0.440. The van der Waals surface area contributed by atoms with E-state index in [9.17, 15) is 8.78 Å². The number of hydrogen-bond acceptors (Lipinski definition) is 4. The van der Waals surface area contributed by atoms with Crippen LogP contribution in [0.3, 0.4) is 0 Å².